The average Bonchev–Trinajstić information content (AvgIpc) is 2.75. The zero-order chi connectivity index (χ0) is 9.97. The van der Waals surface area contributed by atoms with Crippen LogP contribution in [0.1, 0.15) is 9.75 Å². The van der Waals surface area contributed by atoms with Crippen molar-refractivity contribution in [2.75, 3.05) is 11.9 Å². The topological polar surface area (TPSA) is 16.4 Å². The molecule has 0 radical (unpaired) electrons. The lowest BCUT2D eigenvalue weighted by atomic mass is 10.4. The second-order valence-corrected chi connectivity index (χ2v) is 4.69. The van der Waals surface area contributed by atoms with E-state index in [2.05, 4.69) is 24.0 Å². The van der Waals surface area contributed by atoms with Gasteiger partial charge in [0.15, 0.2) is 5.88 Å². The average molecular weight is 207 g/mol. The Morgan fingerprint density at radius 3 is 2.79 bits per heavy atom. The zero-order valence-corrected chi connectivity index (χ0v) is 9.17. The number of nitrogens with zero attached hydrogens (tertiary/aromatic N) is 1. The maximum Gasteiger partial charge on any atom is 0.195 e. The third kappa shape index (κ3) is 1.99. The molecule has 0 aliphatic carbocycles. The highest BCUT2D eigenvalue weighted by atomic mass is 32.1. The molecule has 14 heavy (non-hydrogen) atoms. The van der Waals surface area contributed by atoms with Crippen LogP contribution in [-0.2, 0) is 6.54 Å². The Hall–Kier alpha value is -1.22. The van der Waals surface area contributed by atoms with E-state index in [-0.39, 0.29) is 0 Å². The number of thiophene rings is 1. The molecular weight excluding hydrogens is 194 g/mol. The van der Waals surface area contributed by atoms with E-state index in [1.54, 1.807) is 6.26 Å². The summed E-state index contributed by atoms with van der Waals surface area (Å²) in [5, 5.41) is 0. The highest BCUT2D eigenvalue weighted by Crippen LogP contribution is 2.20. The molecule has 74 valence electrons. The molecule has 0 saturated carbocycles. The van der Waals surface area contributed by atoms with Gasteiger partial charge in [-0.1, -0.05) is 0 Å². The smallest absolute Gasteiger partial charge is 0.195 e. The fraction of sp³-hybridized carbons (Fsp3) is 0.273. The minimum Gasteiger partial charge on any atom is -0.449 e. The number of aryl methyl sites for hydroxylation is 1. The van der Waals surface area contributed by atoms with Crippen molar-refractivity contribution in [1.82, 2.24) is 0 Å². The number of furan rings is 1. The molecule has 2 nitrogen and oxygen atoms in total. The molecule has 0 bridgehead atoms. The Labute approximate surface area is 87.8 Å². The summed E-state index contributed by atoms with van der Waals surface area (Å²) in [6.45, 7) is 3.03. The van der Waals surface area contributed by atoms with Gasteiger partial charge in [-0.3, -0.25) is 0 Å². The molecule has 0 spiro atoms. The van der Waals surface area contributed by atoms with Gasteiger partial charge >= 0.3 is 0 Å². The molecule has 3 heteroatoms. The van der Waals surface area contributed by atoms with E-state index in [9.17, 15) is 0 Å². The Bertz CT molecular complexity index is 391. The SMILES string of the molecule is Cc1ccc(CN(C)c2ccco2)s1. The van der Waals surface area contributed by atoms with Crippen LogP contribution in [0.3, 0.4) is 0 Å². The standard InChI is InChI=1S/C11H13NOS/c1-9-5-6-10(14-9)8-12(2)11-4-3-7-13-11/h3-7H,8H2,1-2H3. The van der Waals surface area contributed by atoms with Gasteiger partial charge in [-0.25, -0.2) is 0 Å². The Morgan fingerprint density at radius 1 is 1.36 bits per heavy atom. The molecule has 2 aromatic rings. The first-order valence-electron chi connectivity index (χ1n) is 4.55. The van der Waals surface area contributed by atoms with Gasteiger partial charge < -0.3 is 9.32 Å². The first-order valence-corrected chi connectivity index (χ1v) is 5.37. The lowest BCUT2D eigenvalue weighted by Crippen LogP contribution is -2.14. The second-order valence-electron chi connectivity index (χ2n) is 3.32. The predicted molar refractivity (Wildman–Crippen MR) is 59.9 cm³/mol. The third-order valence-corrected chi connectivity index (χ3v) is 3.06. The summed E-state index contributed by atoms with van der Waals surface area (Å²) >= 11 is 1.83. The van der Waals surface area contributed by atoms with Crippen LogP contribution in [0, 0.1) is 6.92 Å². The Kier molecular flexibility index (Phi) is 2.59. The number of rotatable bonds is 3. The molecule has 2 heterocycles. The summed E-state index contributed by atoms with van der Waals surface area (Å²) in [4.78, 5) is 4.82. The number of hydrogen-bond donors (Lipinski definition) is 0. The summed E-state index contributed by atoms with van der Waals surface area (Å²) in [6.07, 6.45) is 1.70. The van der Waals surface area contributed by atoms with E-state index in [1.165, 1.54) is 9.75 Å². The second kappa shape index (κ2) is 3.88. The van der Waals surface area contributed by atoms with Crippen molar-refractivity contribution >= 4 is 17.2 Å². The van der Waals surface area contributed by atoms with Crippen molar-refractivity contribution in [3.8, 4) is 0 Å². The van der Waals surface area contributed by atoms with Crippen molar-refractivity contribution in [1.29, 1.82) is 0 Å². The van der Waals surface area contributed by atoms with Crippen LogP contribution in [0.25, 0.3) is 0 Å². The van der Waals surface area contributed by atoms with E-state index >= 15 is 0 Å². The van der Waals surface area contributed by atoms with Gasteiger partial charge in [0.1, 0.15) is 0 Å². The third-order valence-electron chi connectivity index (χ3n) is 2.07. The van der Waals surface area contributed by atoms with Crippen LogP contribution in [0.2, 0.25) is 0 Å². The summed E-state index contributed by atoms with van der Waals surface area (Å²) < 4.78 is 5.30. The highest BCUT2D eigenvalue weighted by molar-refractivity contribution is 7.11. The van der Waals surface area contributed by atoms with Crippen molar-refractivity contribution in [2.45, 2.75) is 13.5 Å². The predicted octanol–water partition coefficient (Wildman–Crippen LogP) is 3.29. The van der Waals surface area contributed by atoms with Gasteiger partial charge in [0, 0.05) is 22.9 Å². The number of hydrogen-bond acceptors (Lipinski definition) is 3. The zero-order valence-electron chi connectivity index (χ0n) is 8.36. The molecule has 0 atom stereocenters. The van der Waals surface area contributed by atoms with Gasteiger partial charge in [0.2, 0.25) is 0 Å². The van der Waals surface area contributed by atoms with Gasteiger partial charge in [0.05, 0.1) is 12.8 Å². The van der Waals surface area contributed by atoms with Crippen LogP contribution < -0.4 is 4.90 Å². The minimum atomic E-state index is 0.909. The highest BCUT2D eigenvalue weighted by Gasteiger charge is 2.05. The van der Waals surface area contributed by atoms with Crippen LogP contribution in [0.15, 0.2) is 34.9 Å². The first kappa shape index (κ1) is 9.34. The van der Waals surface area contributed by atoms with Crippen LogP contribution in [0.5, 0.6) is 0 Å². The molecular formula is C11H13NOS. The molecule has 0 aliphatic rings. The molecule has 0 fully saturated rings. The molecule has 0 saturated heterocycles. The summed E-state index contributed by atoms with van der Waals surface area (Å²) in [7, 11) is 2.04. The summed E-state index contributed by atoms with van der Waals surface area (Å²) in [5.41, 5.74) is 0. The molecule has 0 aliphatic heterocycles. The van der Waals surface area contributed by atoms with Crippen molar-refractivity contribution in [3.05, 3.63) is 40.3 Å². The molecule has 0 N–H and O–H groups in total. The molecule has 2 aromatic heterocycles. The first-order chi connectivity index (χ1) is 6.75. The van der Waals surface area contributed by atoms with Crippen molar-refractivity contribution in [2.24, 2.45) is 0 Å². The molecule has 0 aromatic carbocycles. The lowest BCUT2D eigenvalue weighted by molar-refractivity contribution is 0.555. The monoisotopic (exact) mass is 207 g/mol. The summed E-state index contributed by atoms with van der Waals surface area (Å²) in [6, 6.07) is 8.20. The van der Waals surface area contributed by atoms with Crippen LogP contribution in [0.4, 0.5) is 5.88 Å². The normalized spacial score (nSPS) is 10.4. The van der Waals surface area contributed by atoms with E-state index in [1.807, 2.05) is 30.5 Å². The Morgan fingerprint density at radius 2 is 2.21 bits per heavy atom. The quantitative estimate of drug-likeness (QED) is 0.768. The van der Waals surface area contributed by atoms with Gasteiger partial charge in [-0.2, -0.15) is 0 Å². The Balaban J connectivity index is 2.05. The van der Waals surface area contributed by atoms with Crippen LogP contribution in [-0.4, -0.2) is 7.05 Å². The number of anilines is 1. The van der Waals surface area contributed by atoms with Gasteiger partial charge in [-0.15, -0.1) is 11.3 Å². The van der Waals surface area contributed by atoms with Gasteiger partial charge in [0.25, 0.3) is 0 Å². The van der Waals surface area contributed by atoms with Gasteiger partial charge in [-0.05, 0) is 25.1 Å². The molecule has 0 amide bonds. The van der Waals surface area contributed by atoms with Crippen molar-refractivity contribution in [3.63, 3.8) is 0 Å². The van der Waals surface area contributed by atoms with Crippen molar-refractivity contribution < 1.29 is 4.42 Å². The molecule has 2 rings (SSSR count). The minimum absolute atomic E-state index is 0.909. The summed E-state index contributed by atoms with van der Waals surface area (Å²) in [5.74, 6) is 0.913. The van der Waals surface area contributed by atoms with E-state index < -0.39 is 0 Å². The van der Waals surface area contributed by atoms with E-state index in [0.717, 1.165) is 12.4 Å². The fourth-order valence-electron chi connectivity index (χ4n) is 1.37. The fourth-order valence-corrected chi connectivity index (χ4v) is 2.31. The van der Waals surface area contributed by atoms with E-state index in [4.69, 9.17) is 4.42 Å². The lowest BCUT2D eigenvalue weighted by Gasteiger charge is -2.14. The largest absolute Gasteiger partial charge is 0.449 e. The van der Waals surface area contributed by atoms with E-state index in [0.29, 0.717) is 0 Å². The maximum absolute atomic E-state index is 5.30. The maximum atomic E-state index is 5.30. The van der Waals surface area contributed by atoms with Crippen LogP contribution >= 0.6 is 11.3 Å². The molecule has 0 unspecified atom stereocenters.